The van der Waals surface area contributed by atoms with Crippen LogP contribution < -0.4 is 5.32 Å². The van der Waals surface area contributed by atoms with Gasteiger partial charge in [-0.25, -0.2) is 14.8 Å². The van der Waals surface area contributed by atoms with Gasteiger partial charge in [0, 0.05) is 29.3 Å². The SMILES string of the molecule is O=C(O)c1cccc(Nc2ccc(-c3cncnc3)cc2)c1. The molecule has 0 bridgehead atoms. The van der Waals surface area contributed by atoms with Gasteiger partial charge in [-0.1, -0.05) is 18.2 Å². The molecule has 22 heavy (non-hydrogen) atoms. The zero-order chi connectivity index (χ0) is 15.4. The standard InChI is InChI=1S/C17H13N3O2/c21-17(22)13-2-1-3-16(8-13)20-15-6-4-12(5-7-15)14-9-18-11-19-10-14/h1-11,20H,(H,21,22). The molecule has 0 saturated carbocycles. The van der Waals surface area contributed by atoms with Crippen LogP contribution in [-0.4, -0.2) is 21.0 Å². The molecule has 5 heteroatoms. The minimum Gasteiger partial charge on any atom is -0.478 e. The number of nitrogens with zero attached hydrogens (tertiary/aromatic N) is 2. The van der Waals surface area contributed by atoms with Crippen molar-refractivity contribution in [1.29, 1.82) is 0 Å². The van der Waals surface area contributed by atoms with Crippen LogP contribution in [0.2, 0.25) is 0 Å². The zero-order valence-corrected chi connectivity index (χ0v) is 11.6. The van der Waals surface area contributed by atoms with E-state index in [9.17, 15) is 4.79 Å². The summed E-state index contributed by atoms with van der Waals surface area (Å²) >= 11 is 0. The van der Waals surface area contributed by atoms with E-state index in [1.165, 1.54) is 6.33 Å². The number of hydrogen-bond donors (Lipinski definition) is 2. The third kappa shape index (κ3) is 3.09. The Morgan fingerprint density at radius 1 is 0.909 bits per heavy atom. The predicted octanol–water partition coefficient (Wildman–Crippen LogP) is 3.59. The first kappa shape index (κ1) is 13.8. The Balaban J connectivity index is 1.79. The number of carbonyl (C=O) groups is 1. The maximum atomic E-state index is 11.0. The highest BCUT2D eigenvalue weighted by atomic mass is 16.4. The first-order valence-corrected chi connectivity index (χ1v) is 6.68. The monoisotopic (exact) mass is 291 g/mol. The van der Waals surface area contributed by atoms with Gasteiger partial charge in [0.25, 0.3) is 0 Å². The largest absolute Gasteiger partial charge is 0.478 e. The summed E-state index contributed by atoms with van der Waals surface area (Å²) in [7, 11) is 0. The summed E-state index contributed by atoms with van der Waals surface area (Å²) in [6, 6.07) is 14.5. The second-order valence-electron chi connectivity index (χ2n) is 4.72. The summed E-state index contributed by atoms with van der Waals surface area (Å²) in [5, 5.41) is 12.2. The van der Waals surface area contributed by atoms with Gasteiger partial charge in [-0.05, 0) is 35.9 Å². The van der Waals surface area contributed by atoms with Crippen molar-refractivity contribution in [2.24, 2.45) is 0 Å². The van der Waals surface area contributed by atoms with Crippen molar-refractivity contribution in [2.75, 3.05) is 5.32 Å². The molecule has 0 radical (unpaired) electrons. The van der Waals surface area contributed by atoms with Crippen molar-refractivity contribution in [1.82, 2.24) is 9.97 Å². The molecular weight excluding hydrogens is 278 g/mol. The Morgan fingerprint density at radius 3 is 2.32 bits per heavy atom. The van der Waals surface area contributed by atoms with E-state index in [1.54, 1.807) is 30.6 Å². The lowest BCUT2D eigenvalue weighted by atomic mass is 10.1. The van der Waals surface area contributed by atoms with Gasteiger partial charge in [-0.2, -0.15) is 0 Å². The van der Waals surface area contributed by atoms with Crippen LogP contribution in [0.15, 0.2) is 67.3 Å². The van der Waals surface area contributed by atoms with E-state index in [4.69, 9.17) is 5.11 Å². The zero-order valence-electron chi connectivity index (χ0n) is 11.6. The van der Waals surface area contributed by atoms with E-state index in [0.29, 0.717) is 0 Å². The highest BCUT2D eigenvalue weighted by Gasteiger charge is 2.04. The van der Waals surface area contributed by atoms with Crippen LogP contribution in [0.4, 0.5) is 11.4 Å². The van der Waals surface area contributed by atoms with Gasteiger partial charge in [0.1, 0.15) is 6.33 Å². The third-order valence-corrected chi connectivity index (χ3v) is 3.18. The molecule has 0 atom stereocenters. The molecule has 1 aromatic heterocycles. The van der Waals surface area contributed by atoms with Crippen molar-refractivity contribution in [3.8, 4) is 11.1 Å². The maximum absolute atomic E-state index is 11.0. The molecule has 108 valence electrons. The van der Waals surface area contributed by atoms with Crippen molar-refractivity contribution < 1.29 is 9.90 Å². The van der Waals surface area contributed by atoms with E-state index in [1.807, 2.05) is 30.3 Å². The molecule has 2 aromatic carbocycles. The van der Waals surface area contributed by atoms with E-state index in [0.717, 1.165) is 22.5 Å². The molecule has 0 saturated heterocycles. The van der Waals surface area contributed by atoms with Crippen molar-refractivity contribution in [3.63, 3.8) is 0 Å². The Kier molecular flexibility index (Phi) is 3.78. The lowest BCUT2D eigenvalue weighted by Gasteiger charge is -2.08. The fourth-order valence-electron chi connectivity index (χ4n) is 2.09. The highest BCUT2D eigenvalue weighted by Crippen LogP contribution is 2.22. The third-order valence-electron chi connectivity index (χ3n) is 3.18. The summed E-state index contributed by atoms with van der Waals surface area (Å²) in [6.45, 7) is 0. The molecule has 0 amide bonds. The van der Waals surface area contributed by atoms with Gasteiger partial charge in [0.05, 0.1) is 5.56 Å². The van der Waals surface area contributed by atoms with Crippen molar-refractivity contribution in [3.05, 3.63) is 72.8 Å². The topological polar surface area (TPSA) is 75.1 Å². The lowest BCUT2D eigenvalue weighted by molar-refractivity contribution is 0.0697. The number of aromatic nitrogens is 2. The number of anilines is 2. The van der Waals surface area contributed by atoms with Gasteiger partial charge in [-0.3, -0.25) is 0 Å². The number of carboxylic acid groups (broad SMARTS) is 1. The number of aromatic carboxylic acids is 1. The molecule has 0 aliphatic carbocycles. The van der Waals surface area contributed by atoms with Gasteiger partial charge in [-0.15, -0.1) is 0 Å². The first-order chi connectivity index (χ1) is 10.7. The van der Waals surface area contributed by atoms with Crippen molar-refractivity contribution >= 4 is 17.3 Å². The van der Waals surface area contributed by atoms with Gasteiger partial charge in [0.2, 0.25) is 0 Å². The van der Waals surface area contributed by atoms with Crippen LogP contribution in [0.5, 0.6) is 0 Å². The Labute approximate surface area is 127 Å². The van der Waals surface area contributed by atoms with E-state index in [2.05, 4.69) is 15.3 Å². The normalized spacial score (nSPS) is 10.2. The number of rotatable bonds is 4. The average molecular weight is 291 g/mol. The number of nitrogens with one attached hydrogen (secondary N) is 1. The molecule has 1 heterocycles. The first-order valence-electron chi connectivity index (χ1n) is 6.68. The second kappa shape index (κ2) is 6.05. The van der Waals surface area contributed by atoms with Gasteiger partial charge in [0.15, 0.2) is 0 Å². The molecule has 3 rings (SSSR count). The van der Waals surface area contributed by atoms with Crippen LogP contribution in [0, 0.1) is 0 Å². The molecule has 0 aliphatic rings. The van der Waals surface area contributed by atoms with Crippen LogP contribution in [0.3, 0.4) is 0 Å². The molecular formula is C17H13N3O2. The summed E-state index contributed by atoms with van der Waals surface area (Å²) < 4.78 is 0. The summed E-state index contributed by atoms with van der Waals surface area (Å²) in [5.41, 5.74) is 3.83. The highest BCUT2D eigenvalue weighted by molar-refractivity contribution is 5.89. The fourth-order valence-corrected chi connectivity index (χ4v) is 2.09. The van der Waals surface area contributed by atoms with Gasteiger partial charge < -0.3 is 10.4 Å². The lowest BCUT2D eigenvalue weighted by Crippen LogP contribution is -1.97. The molecule has 0 fully saturated rings. The van der Waals surface area contributed by atoms with E-state index in [-0.39, 0.29) is 5.56 Å². The number of benzene rings is 2. The number of hydrogen-bond acceptors (Lipinski definition) is 4. The quantitative estimate of drug-likeness (QED) is 0.768. The van der Waals surface area contributed by atoms with E-state index >= 15 is 0 Å². The molecule has 2 N–H and O–H groups in total. The molecule has 5 nitrogen and oxygen atoms in total. The molecule has 3 aromatic rings. The van der Waals surface area contributed by atoms with E-state index < -0.39 is 5.97 Å². The Hall–Kier alpha value is -3.21. The number of carboxylic acids is 1. The minimum absolute atomic E-state index is 0.253. The fraction of sp³-hybridized carbons (Fsp3) is 0. The van der Waals surface area contributed by atoms with Gasteiger partial charge >= 0.3 is 5.97 Å². The maximum Gasteiger partial charge on any atom is 0.335 e. The second-order valence-corrected chi connectivity index (χ2v) is 4.72. The van der Waals surface area contributed by atoms with Crippen molar-refractivity contribution in [2.45, 2.75) is 0 Å². The summed E-state index contributed by atoms with van der Waals surface area (Å²) in [5.74, 6) is -0.942. The molecule has 0 spiro atoms. The smallest absolute Gasteiger partial charge is 0.335 e. The summed E-state index contributed by atoms with van der Waals surface area (Å²) in [4.78, 5) is 19.0. The molecule has 0 unspecified atom stereocenters. The average Bonchev–Trinajstić information content (AvgIpc) is 2.56. The summed E-state index contributed by atoms with van der Waals surface area (Å²) in [6.07, 6.45) is 5.01. The Morgan fingerprint density at radius 2 is 1.64 bits per heavy atom. The van der Waals surface area contributed by atoms with Crippen LogP contribution in [0.25, 0.3) is 11.1 Å². The minimum atomic E-state index is -0.942. The predicted molar refractivity (Wildman–Crippen MR) is 84.2 cm³/mol. The Bertz CT molecular complexity index is 787. The molecule has 0 aliphatic heterocycles. The van der Waals surface area contributed by atoms with Crippen LogP contribution >= 0.6 is 0 Å². The van der Waals surface area contributed by atoms with Crippen LogP contribution in [-0.2, 0) is 0 Å². The van der Waals surface area contributed by atoms with Crippen LogP contribution in [0.1, 0.15) is 10.4 Å².